The summed E-state index contributed by atoms with van der Waals surface area (Å²) in [5, 5.41) is 6.86. The molecule has 2 N–H and O–H groups in total. The van der Waals surface area contributed by atoms with Crippen LogP contribution in [-0.4, -0.2) is 31.5 Å². The largest absolute Gasteiger partial charge is 0.382 e. The highest BCUT2D eigenvalue weighted by atomic mass is 79.9. The number of nitrogens with one attached hydrogen (secondary N) is 2. The summed E-state index contributed by atoms with van der Waals surface area (Å²) in [6, 6.07) is 11.5. The number of aromatic nitrogens is 1. The standard InChI is InChI=1S/C20H20BrF2N3O2S/c21-15-4-1-2-7-18(15)29(27,28)26-12-14(20(22)23)19-16(5-3-6-17(19)26)25-13-8-10-24-11-9-13/h1-7,12-13,20,24-25H,8-11H2. The van der Waals surface area contributed by atoms with Crippen molar-refractivity contribution in [3.05, 3.63) is 58.7 Å². The van der Waals surface area contributed by atoms with Crippen LogP contribution in [0.1, 0.15) is 24.8 Å². The maximum absolute atomic E-state index is 13.9. The average Bonchev–Trinajstić information content (AvgIpc) is 3.11. The first-order valence-corrected chi connectivity index (χ1v) is 11.5. The summed E-state index contributed by atoms with van der Waals surface area (Å²) in [7, 11) is -4.06. The first-order valence-electron chi connectivity index (χ1n) is 9.29. The van der Waals surface area contributed by atoms with Gasteiger partial charge in [0.2, 0.25) is 0 Å². The maximum atomic E-state index is 13.9. The molecule has 0 aliphatic carbocycles. The third-order valence-electron chi connectivity index (χ3n) is 5.13. The molecule has 2 aromatic carbocycles. The van der Waals surface area contributed by atoms with E-state index in [0.717, 1.165) is 36.1 Å². The summed E-state index contributed by atoms with van der Waals surface area (Å²) in [4.78, 5) is 0.0226. The molecule has 2 heterocycles. The van der Waals surface area contributed by atoms with Crippen molar-refractivity contribution in [1.29, 1.82) is 0 Å². The molecule has 9 heteroatoms. The predicted octanol–water partition coefficient (Wildman–Crippen LogP) is 4.74. The van der Waals surface area contributed by atoms with Crippen LogP contribution in [0.15, 0.2) is 58.0 Å². The third kappa shape index (κ3) is 3.78. The van der Waals surface area contributed by atoms with E-state index in [1.54, 1.807) is 36.4 Å². The summed E-state index contributed by atoms with van der Waals surface area (Å²) >= 11 is 3.25. The number of hydrogen-bond acceptors (Lipinski definition) is 4. The minimum atomic E-state index is -4.06. The van der Waals surface area contributed by atoms with Crippen LogP contribution in [0.4, 0.5) is 14.5 Å². The van der Waals surface area contributed by atoms with Gasteiger partial charge in [0, 0.05) is 33.3 Å². The van der Waals surface area contributed by atoms with Crippen LogP contribution in [0.25, 0.3) is 10.9 Å². The highest BCUT2D eigenvalue weighted by Crippen LogP contribution is 2.38. The number of fused-ring (bicyclic) bond motifs is 1. The molecule has 1 fully saturated rings. The zero-order valence-electron chi connectivity index (χ0n) is 15.4. The van der Waals surface area contributed by atoms with Gasteiger partial charge in [-0.05, 0) is 66.1 Å². The number of halogens is 3. The van der Waals surface area contributed by atoms with Gasteiger partial charge in [-0.25, -0.2) is 21.2 Å². The van der Waals surface area contributed by atoms with Crippen LogP contribution < -0.4 is 10.6 Å². The van der Waals surface area contributed by atoms with Gasteiger partial charge < -0.3 is 10.6 Å². The van der Waals surface area contributed by atoms with E-state index >= 15 is 0 Å². The summed E-state index contributed by atoms with van der Waals surface area (Å²) in [6.45, 7) is 1.71. The van der Waals surface area contributed by atoms with E-state index in [9.17, 15) is 17.2 Å². The van der Waals surface area contributed by atoms with Gasteiger partial charge in [-0.1, -0.05) is 18.2 Å². The lowest BCUT2D eigenvalue weighted by molar-refractivity contribution is 0.153. The van der Waals surface area contributed by atoms with E-state index < -0.39 is 16.4 Å². The Labute approximate surface area is 176 Å². The van der Waals surface area contributed by atoms with Gasteiger partial charge in [-0.3, -0.25) is 0 Å². The fraction of sp³-hybridized carbons (Fsp3) is 0.300. The Morgan fingerprint density at radius 3 is 2.52 bits per heavy atom. The number of anilines is 1. The Bertz CT molecular complexity index is 1140. The van der Waals surface area contributed by atoms with Crippen LogP contribution in [0, 0.1) is 0 Å². The van der Waals surface area contributed by atoms with E-state index in [0.29, 0.717) is 10.2 Å². The smallest absolute Gasteiger partial charge is 0.269 e. The zero-order valence-corrected chi connectivity index (χ0v) is 17.8. The van der Waals surface area contributed by atoms with E-state index in [1.807, 2.05) is 0 Å². The van der Waals surface area contributed by atoms with Crippen molar-refractivity contribution in [2.24, 2.45) is 0 Å². The van der Waals surface area contributed by atoms with Crippen LogP contribution in [-0.2, 0) is 10.0 Å². The monoisotopic (exact) mass is 483 g/mol. The minimum Gasteiger partial charge on any atom is -0.382 e. The van der Waals surface area contributed by atoms with Gasteiger partial charge in [-0.2, -0.15) is 0 Å². The third-order valence-corrected chi connectivity index (χ3v) is 7.82. The Morgan fingerprint density at radius 2 is 1.83 bits per heavy atom. The van der Waals surface area contributed by atoms with Crippen LogP contribution >= 0.6 is 15.9 Å². The van der Waals surface area contributed by atoms with Gasteiger partial charge in [0.1, 0.15) is 4.90 Å². The first-order chi connectivity index (χ1) is 13.9. The molecule has 1 aliphatic rings. The number of benzene rings is 2. The van der Waals surface area contributed by atoms with Gasteiger partial charge in [-0.15, -0.1) is 0 Å². The summed E-state index contributed by atoms with van der Waals surface area (Å²) in [5.41, 5.74) is 0.466. The fourth-order valence-electron chi connectivity index (χ4n) is 3.72. The molecule has 0 bridgehead atoms. The van der Waals surface area contributed by atoms with E-state index in [-0.39, 0.29) is 27.4 Å². The highest BCUT2D eigenvalue weighted by Gasteiger charge is 2.27. The molecule has 29 heavy (non-hydrogen) atoms. The molecule has 0 unspecified atom stereocenters. The molecule has 3 aromatic rings. The predicted molar refractivity (Wildman–Crippen MR) is 113 cm³/mol. The van der Waals surface area contributed by atoms with Crippen molar-refractivity contribution in [2.45, 2.75) is 30.2 Å². The van der Waals surface area contributed by atoms with Crippen molar-refractivity contribution >= 4 is 42.5 Å². The lowest BCUT2D eigenvalue weighted by atomic mass is 10.0. The van der Waals surface area contributed by atoms with Gasteiger partial charge in [0.15, 0.2) is 0 Å². The Balaban J connectivity index is 1.88. The molecule has 1 aromatic heterocycles. The van der Waals surface area contributed by atoms with Crippen molar-refractivity contribution in [3.63, 3.8) is 0 Å². The topological polar surface area (TPSA) is 63.1 Å². The second kappa shape index (κ2) is 8.04. The van der Waals surface area contributed by atoms with E-state index in [1.165, 1.54) is 6.07 Å². The molecule has 0 radical (unpaired) electrons. The van der Waals surface area contributed by atoms with Crippen LogP contribution in [0.2, 0.25) is 0 Å². The number of piperidine rings is 1. The molecule has 1 aliphatic heterocycles. The molecule has 0 spiro atoms. The second-order valence-corrected chi connectivity index (χ2v) is 9.62. The SMILES string of the molecule is O=S(=O)(c1ccccc1Br)n1cc(C(F)F)c2c(NC3CCNCC3)cccc21. The number of alkyl halides is 2. The van der Waals surface area contributed by atoms with Crippen LogP contribution in [0.3, 0.4) is 0 Å². The number of nitrogens with zero attached hydrogens (tertiary/aromatic N) is 1. The summed E-state index contributed by atoms with van der Waals surface area (Å²) < 4.78 is 55.6. The Kier molecular flexibility index (Phi) is 5.63. The van der Waals surface area contributed by atoms with E-state index in [4.69, 9.17) is 0 Å². The van der Waals surface area contributed by atoms with Gasteiger partial charge >= 0.3 is 0 Å². The zero-order chi connectivity index (χ0) is 20.6. The molecule has 0 amide bonds. The van der Waals surface area contributed by atoms with Crippen molar-refractivity contribution < 1.29 is 17.2 Å². The Hall–Kier alpha value is -1.97. The van der Waals surface area contributed by atoms with E-state index in [2.05, 4.69) is 26.6 Å². The molecule has 154 valence electrons. The van der Waals surface area contributed by atoms with Crippen molar-refractivity contribution in [2.75, 3.05) is 18.4 Å². The van der Waals surface area contributed by atoms with Gasteiger partial charge in [0.05, 0.1) is 5.52 Å². The Morgan fingerprint density at radius 1 is 1.10 bits per heavy atom. The molecular weight excluding hydrogens is 464 g/mol. The maximum Gasteiger partial charge on any atom is 0.269 e. The molecule has 1 saturated heterocycles. The summed E-state index contributed by atoms with van der Waals surface area (Å²) in [6.07, 6.45) is -0.0195. The van der Waals surface area contributed by atoms with Crippen LogP contribution in [0.5, 0.6) is 0 Å². The van der Waals surface area contributed by atoms with Gasteiger partial charge in [0.25, 0.3) is 16.4 Å². The lowest BCUT2D eigenvalue weighted by Crippen LogP contribution is -2.35. The second-order valence-electron chi connectivity index (χ2n) is 6.98. The molecule has 5 nitrogen and oxygen atoms in total. The number of rotatable bonds is 5. The normalized spacial score (nSPS) is 15.9. The van der Waals surface area contributed by atoms with Crippen molar-refractivity contribution in [1.82, 2.24) is 9.29 Å². The quantitative estimate of drug-likeness (QED) is 0.549. The first kappa shape index (κ1) is 20.3. The van der Waals surface area contributed by atoms with Crippen molar-refractivity contribution in [3.8, 4) is 0 Å². The highest BCUT2D eigenvalue weighted by molar-refractivity contribution is 9.10. The average molecular weight is 484 g/mol. The molecular formula is C20H20BrF2N3O2S. The molecule has 4 rings (SSSR count). The lowest BCUT2D eigenvalue weighted by Gasteiger charge is -2.25. The number of hydrogen-bond donors (Lipinski definition) is 2. The molecule has 0 atom stereocenters. The fourth-order valence-corrected chi connectivity index (χ4v) is 6.06. The summed E-state index contributed by atoms with van der Waals surface area (Å²) in [5.74, 6) is 0. The molecule has 0 saturated carbocycles. The minimum absolute atomic E-state index is 0.0226.